The van der Waals surface area contributed by atoms with Gasteiger partial charge in [-0.05, 0) is 70.9 Å². The number of halogens is 1. The van der Waals surface area contributed by atoms with Crippen LogP contribution < -0.4 is 20.1 Å². The summed E-state index contributed by atoms with van der Waals surface area (Å²) in [5, 5.41) is 14.9. The van der Waals surface area contributed by atoms with Gasteiger partial charge in [-0.25, -0.2) is 0 Å². The summed E-state index contributed by atoms with van der Waals surface area (Å²) in [5.74, 6) is -0.139. The smallest absolute Gasteiger partial charge is 0.266 e. The lowest BCUT2D eigenvalue weighted by Gasteiger charge is -2.15. The van der Waals surface area contributed by atoms with E-state index < -0.39 is 5.91 Å². The Bertz CT molecular complexity index is 1220. The summed E-state index contributed by atoms with van der Waals surface area (Å²) in [5.41, 5.74) is 1.73. The van der Waals surface area contributed by atoms with E-state index in [0.717, 1.165) is 0 Å². The molecule has 0 aliphatic heterocycles. The van der Waals surface area contributed by atoms with Crippen LogP contribution in [-0.4, -0.2) is 25.0 Å². The van der Waals surface area contributed by atoms with E-state index in [4.69, 9.17) is 9.47 Å². The minimum Gasteiger partial charge on any atom is -0.490 e. The highest BCUT2D eigenvalue weighted by atomic mass is 79.9. The monoisotopic (exact) mass is 519 g/mol. The first kappa shape index (κ1) is 24.6. The van der Waals surface area contributed by atoms with Gasteiger partial charge in [-0.3, -0.25) is 9.59 Å². The number of rotatable bonds is 9. The van der Waals surface area contributed by atoms with Crippen LogP contribution in [0.2, 0.25) is 0 Å². The van der Waals surface area contributed by atoms with Crippen LogP contribution in [0.15, 0.2) is 82.8 Å². The number of hydrogen-bond acceptors (Lipinski definition) is 5. The van der Waals surface area contributed by atoms with Gasteiger partial charge in [0, 0.05) is 11.4 Å². The van der Waals surface area contributed by atoms with Crippen molar-refractivity contribution in [2.45, 2.75) is 6.92 Å². The molecule has 3 aromatic rings. The zero-order valence-electron chi connectivity index (χ0n) is 18.4. The zero-order valence-corrected chi connectivity index (χ0v) is 20.0. The summed E-state index contributed by atoms with van der Waals surface area (Å²) in [6.07, 6.45) is 1.46. The second-order valence-electron chi connectivity index (χ2n) is 6.96. The Morgan fingerprint density at radius 1 is 0.971 bits per heavy atom. The van der Waals surface area contributed by atoms with Crippen LogP contribution in [0.1, 0.15) is 12.5 Å². The van der Waals surface area contributed by atoms with Gasteiger partial charge in [0.2, 0.25) is 0 Å². The van der Waals surface area contributed by atoms with Gasteiger partial charge < -0.3 is 20.1 Å². The van der Waals surface area contributed by atoms with Crippen molar-refractivity contribution in [2.24, 2.45) is 0 Å². The molecule has 0 bridgehead atoms. The van der Waals surface area contributed by atoms with Gasteiger partial charge in [-0.1, -0.05) is 36.4 Å². The van der Waals surface area contributed by atoms with Gasteiger partial charge in [-0.15, -0.1) is 0 Å². The van der Waals surface area contributed by atoms with Crippen LogP contribution in [0, 0.1) is 11.3 Å². The Hall–Kier alpha value is -4.09. The third kappa shape index (κ3) is 6.95. The number of ether oxygens (including phenoxy) is 2. The average Bonchev–Trinajstić information content (AvgIpc) is 2.83. The van der Waals surface area contributed by atoms with Gasteiger partial charge in [0.05, 0.1) is 11.1 Å². The van der Waals surface area contributed by atoms with Crippen molar-refractivity contribution in [1.82, 2.24) is 0 Å². The van der Waals surface area contributed by atoms with Gasteiger partial charge in [-0.2, -0.15) is 5.26 Å². The number of nitrogens with one attached hydrogen (secondary N) is 2. The van der Waals surface area contributed by atoms with E-state index in [1.807, 2.05) is 37.3 Å². The molecule has 34 heavy (non-hydrogen) atoms. The maximum absolute atomic E-state index is 12.5. The van der Waals surface area contributed by atoms with Crippen LogP contribution in [-0.2, 0) is 9.59 Å². The molecular formula is C26H22BrN3O4. The van der Waals surface area contributed by atoms with Gasteiger partial charge in [0.1, 0.15) is 11.6 Å². The first-order valence-electron chi connectivity index (χ1n) is 10.4. The van der Waals surface area contributed by atoms with Crippen molar-refractivity contribution in [3.63, 3.8) is 0 Å². The van der Waals surface area contributed by atoms with E-state index in [2.05, 4.69) is 26.6 Å². The molecule has 0 saturated heterocycles. The van der Waals surface area contributed by atoms with Gasteiger partial charge in [0.25, 0.3) is 11.8 Å². The summed E-state index contributed by atoms with van der Waals surface area (Å²) in [6.45, 7) is 1.94. The Morgan fingerprint density at radius 3 is 2.18 bits per heavy atom. The maximum Gasteiger partial charge on any atom is 0.266 e. The average molecular weight is 520 g/mol. The molecule has 0 unspecified atom stereocenters. The Balaban J connectivity index is 1.77. The normalized spacial score (nSPS) is 10.7. The summed E-state index contributed by atoms with van der Waals surface area (Å²) in [7, 11) is 0. The number of carbonyl (C=O) groups is 2. The van der Waals surface area contributed by atoms with E-state index in [-0.39, 0.29) is 18.1 Å². The maximum atomic E-state index is 12.5. The predicted octanol–water partition coefficient (Wildman–Crippen LogP) is 5.41. The SMILES string of the molecule is CCOc1cc(/C=C(\C#N)C(=O)Nc2ccccc2)cc(Br)c1OCC(=O)Nc1ccccc1. The van der Waals surface area contributed by atoms with E-state index >= 15 is 0 Å². The van der Waals surface area contributed by atoms with Crippen molar-refractivity contribution in [1.29, 1.82) is 5.26 Å². The number of benzene rings is 3. The molecule has 0 aromatic heterocycles. The fourth-order valence-corrected chi connectivity index (χ4v) is 3.54. The number of anilines is 2. The number of carbonyl (C=O) groups excluding carboxylic acids is 2. The molecule has 2 amide bonds. The molecule has 7 nitrogen and oxygen atoms in total. The first-order chi connectivity index (χ1) is 16.5. The second kappa shape index (κ2) is 12.2. The van der Waals surface area contributed by atoms with Crippen molar-refractivity contribution >= 4 is 45.2 Å². The van der Waals surface area contributed by atoms with E-state index in [1.54, 1.807) is 48.5 Å². The summed E-state index contributed by atoms with van der Waals surface area (Å²) in [6, 6.07) is 23.2. The van der Waals surface area contributed by atoms with Gasteiger partial charge in [0.15, 0.2) is 18.1 Å². The molecule has 0 atom stereocenters. The Kier molecular flexibility index (Phi) is 8.83. The zero-order chi connectivity index (χ0) is 24.3. The highest BCUT2D eigenvalue weighted by Crippen LogP contribution is 2.37. The quantitative estimate of drug-likeness (QED) is 0.290. The number of para-hydroxylation sites is 2. The lowest BCUT2D eigenvalue weighted by atomic mass is 10.1. The molecule has 0 aliphatic carbocycles. The minimum absolute atomic E-state index is 0.0749. The molecule has 3 rings (SSSR count). The lowest BCUT2D eigenvalue weighted by molar-refractivity contribution is -0.118. The third-order valence-electron chi connectivity index (χ3n) is 4.44. The largest absolute Gasteiger partial charge is 0.490 e. The minimum atomic E-state index is -0.527. The Morgan fingerprint density at radius 2 is 1.59 bits per heavy atom. The van der Waals surface area contributed by atoms with Crippen molar-refractivity contribution < 1.29 is 19.1 Å². The molecule has 0 heterocycles. The van der Waals surface area contributed by atoms with Crippen molar-refractivity contribution in [3.8, 4) is 17.6 Å². The van der Waals surface area contributed by atoms with E-state index in [0.29, 0.717) is 39.5 Å². The summed E-state index contributed by atoms with van der Waals surface area (Å²) < 4.78 is 11.9. The molecule has 0 saturated carbocycles. The summed E-state index contributed by atoms with van der Waals surface area (Å²) >= 11 is 3.44. The van der Waals surface area contributed by atoms with Crippen molar-refractivity contribution in [2.75, 3.05) is 23.8 Å². The lowest BCUT2D eigenvalue weighted by Crippen LogP contribution is -2.20. The van der Waals surface area contributed by atoms with E-state index in [9.17, 15) is 14.9 Å². The molecule has 0 radical (unpaired) electrons. The molecule has 2 N–H and O–H groups in total. The predicted molar refractivity (Wildman–Crippen MR) is 135 cm³/mol. The van der Waals surface area contributed by atoms with E-state index in [1.165, 1.54) is 6.08 Å². The molecule has 0 fully saturated rings. The first-order valence-corrected chi connectivity index (χ1v) is 11.2. The van der Waals surface area contributed by atoms with Crippen LogP contribution in [0.4, 0.5) is 11.4 Å². The van der Waals surface area contributed by atoms with Crippen LogP contribution in [0.5, 0.6) is 11.5 Å². The Labute approximate surface area is 206 Å². The van der Waals surface area contributed by atoms with Crippen molar-refractivity contribution in [3.05, 3.63) is 88.4 Å². The molecule has 3 aromatic carbocycles. The molecule has 0 spiro atoms. The third-order valence-corrected chi connectivity index (χ3v) is 5.03. The standard InChI is InChI=1S/C26H22BrN3O4/c1-2-33-23-15-18(13-19(16-28)26(32)30-21-11-7-4-8-12-21)14-22(27)25(23)34-17-24(31)29-20-9-5-3-6-10-20/h3-15H,2,17H2,1H3,(H,29,31)(H,30,32)/b19-13+. The van der Waals surface area contributed by atoms with Crippen LogP contribution in [0.3, 0.4) is 0 Å². The number of hydrogen-bond donors (Lipinski definition) is 2. The second-order valence-corrected chi connectivity index (χ2v) is 7.81. The fraction of sp³-hybridized carbons (Fsp3) is 0.115. The fourth-order valence-electron chi connectivity index (χ4n) is 2.97. The highest BCUT2D eigenvalue weighted by Gasteiger charge is 2.16. The molecule has 8 heteroatoms. The van der Waals surface area contributed by atoms with Gasteiger partial charge >= 0.3 is 0 Å². The molecule has 0 aliphatic rings. The number of nitrogens with zero attached hydrogens (tertiary/aromatic N) is 1. The molecular weight excluding hydrogens is 498 g/mol. The number of amides is 2. The topological polar surface area (TPSA) is 100 Å². The van der Waals surface area contributed by atoms with Crippen LogP contribution in [0.25, 0.3) is 6.08 Å². The van der Waals surface area contributed by atoms with Crippen LogP contribution >= 0.6 is 15.9 Å². The molecule has 172 valence electrons. The highest BCUT2D eigenvalue weighted by molar-refractivity contribution is 9.10. The number of nitriles is 1. The summed E-state index contributed by atoms with van der Waals surface area (Å²) in [4.78, 5) is 24.8.